The summed E-state index contributed by atoms with van der Waals surface area (Å²) in [6.45, 7) is 4.88. The molecule has 4 aromatic rings. The highest BCUT2D eigenvalue weighted by atomic mass is 79.9. The topological polar surface area (TPSA) is 29.1 Å². The van der Waals surface area contributed by atoms with Gasteiger partial charge in [-0.2, -0.15) is 4.57 Å². The average Bonchev–Trinajstić information content (AvgIpc) is 3.50. The number of rotatable bonds is 4. The Balaban J connectivity index is 1.63. The third kappa shape index (κ3) is 4.14. The number of nitrogens with zero attached hydrogens (tertiary/aromatic N) is 3. The summed E-state index contributed by atoms with van der Waals surface area (Å²) in [4.78, 5) is 16.7. The van der Waals surface area contributed by atoms with Crippen molar-refractivity contribution in [2.75, 3.05) is 11.9 Å². The van der Waals surface area contributed by atoms with E-state index in [1.807, 2.05) is 30.7 Å². The van der Waals surface area contributed by atoms with Crippen LogP contribution in [0.3, 0.4) is 0 Å². The summed E-state index contributed by atoms with van der Waals surface area (Å²) in [6, 6.07) is 17.0. The molecule has 0 saturated heterocycles. The number of thiazole rings is 2. The van der Waals surface area contributed by atoms with Gasteiger partial charge in [0.25, 0.3) is 10.6 Å². The minimum atomic E-state index is 0.0779. The molecule has 1 atom stereocenters. The lowest BCUT2D eigenvalue weighted by Gasteiger charge is -2.12. The van der Waals surface area contributed by atoms with E-state index >= 15 is 0 Å². The van der Waals surface area contributed by atoms with Crippen molar-refractivity contribution in [3.63, 3.8) is 0 Å². The van der Waals surface area contributed by atoms with Crippen LogP contribution in [0.2, 0.25) is 0 Å². The molecule has 0 spiro atoms. The molecule has 8 heteroatoms. The van der Waals surface area contributed by atoms with Crippen LogP contribution in [0.4, 0.5) is 5.69 Å². The minimum absolute atomic E-state index is 0.0779. The Labute approximate surface area is 213 Å². The van der Waals surface area contributed by atoms with Gasteiger partial charge in [-0.25, -0.2) is 0 Å². The van der Waals surface area contributed by atoms with Crippen molar-refractivity contribution >= 4 is 67.2 Å². The number of anilines is 1. The predicted molar refractivity (Wildman–Crippen MR) is 144 cm³/mol. The van der Waals surface area contributed by atoms with E-state index in [1.54, 1.807) is 34.4 Å². The summed E-state index contributed by atoms with van der Waals surface area (Å²) in [7, 11) is 2.04. The van der Waals surface area contributed by atoms with Crippen LogP contribution in [-0.4, -0.2) is 11.6 Å². The van der Waals surface area contributed by atoms with E-state index < -0.39 is 0 Å². The van der Waals surface area contributed by atoms with Crippen LogP contribution in [0.5, 0.6) is 0 Å². The zero-order chi connectivity index (χ0) is 23.1. The smallest absolute Gasteiger partial charge is 0.271 e. The molecule has 5 rings (SSSR count). The van der Waals surface area contributed by atoms with E-state index in [1.165, 1.54) is 5.56 Å². The van der Waals surface area contributed by atoms with E-state index in [9.17, 15) is 4.79 Å². The summed E-state index contributed by atoms with van der Waals surface area (Å²) < 4.78 is 6.98. The van der Waals surface area contributed by atoms with E-state index in [0.717, 1.165) is 34.3 Å². The molecule has 1 unspecified atom stereocenters. The van der Waals surface area contributed by atoms with Crippen LogP contribution in [0, 0.1) is 0 Å². The van der Waals surface area contributed by atoms with Gasteiger partial charge in [-0.15, -0.1) is 11.3 Å². The fourth-order valence-corrected chi connectivity index (χ4v) is 7.95. The van der Waals surface area contributed by atoms with Gasteiger partial charge >= 0.3 is 0 Å². The number of halogens is 1. The number of fused-ring (bicyclic) bond motifs is 1. The molecule has 0 bridgehead atoms. The monoisotopic (exact) mass is 556 g/mol. The molecule has 4 nitrogen and oxygen atoms in total. The molecule has 0 saturated carbocycles. The molecule has 33 heavy (non-hydrogen) atoms. The van der Waals surface area contributed by atoms with E-state index in [2.05, 4.69) is 86.4 Å². The second-order valence-corrected chi connectivity index (χ2v) is 11.7. The molecule has 0 fully saturated rings. The van der Waals surface area contributed by atoms with Gasteiger partial charge in [-0.3, -0.25) is 9.36 Å². The Morgan fingerprint density at radius 3 is 2.73 bits per heavy atom. The van der Waals surface area contributed by atoms with Crippen molar-refractivity contribution in [2.24, 2.45) is 0 Å². The first-order valence-electron chi connectivity index (χ1n) is 10.7. The molecule has 3 heterocycles. The lowest BCUT2D eigenvalue weighted by Crippen LogP contribution is -2.39. The van der Waals surface area contributed by atoms with E-state index in [4.69, 9.17) is 0 Å². The van der Waals surface area contributed by atoms with Crippen molar-refractivity contribution in [1.82, 2.24) is 4.57 Å². The second-order valence-electron chi connectivity index (χ2n) is 7.78. The van der Waals surface area contributed by atoms with Gasteiger partial charge < -0.3 is 4.90 Å². The van der Waals surface area contributed by atoms with Crippen LogP contribution in [0.1, 0.15) is 30.5 Å². The predicted octanol–water partition coefficient (Wildman–Crippen LogP) is 4.79. The first-order chi connectivity index (χ1) is 16.0. The average molecular weight is 558 g/mol. The summed E-state index contributed by atoms with van der Waals surface area (Å²) in [5.41, 5.74) is 2.47. The highest BCUT2D eigenvalue weighted by Crippen LogP contribution is 2.46. The maximum atomic E-state index is 13.4. The fraction of sp³-hybridized carbons (Fsp3) is 0.200. The van der Waals surface area contributed by atoms with Gasteiger partial charge in [0.15, 0.2) is 12.2 Å². The molecule has 2 aromatic carbocycles. The highest BCUT2D eigenvalue weighted by molar-refractivity contribution is 9.10. The zero-order valence-corrected chi connectivity index (χ0v) is 22.5. The van der Waals surface area contributed by atoms with Crippen LogP contribution >= 0.6 is 50.4 Å². The van der Waals surface area contributed by atoms with Crippen molar-refractivity contribution in [3.8, 4) is 0 Å². The van der Waals surface area contributed by atoms with Gasteiger partial charge in [0.2, 0.25) is 0 Å². The van der Waals surface area contributed by atoms with Crippen LogP contribution in [0.25, 0.3) is 11.1 Å². The zero-order valence-electron chi connectivity index (χ0n) is 18.5. The third-order valence-electron chi connectivity index (χ3n) is 5.83. The Morgan fingerprint density at radius 2 is 1.97 bits per heavy atom. The molecule has 2 aromatic heterocycles. The molecule has 1 aliphatic heterocycles. The van der Waals surface area contributed by atoms with Crippen LogP contribution < -0.4 is 24.2 Å². The molecule has 1 aliphatic rings. The van der Waals surface area contributed by atoms with Crippen molar-refractivity contribution in [1.29, 1.82) is 0 Å². The quantitative estimate of drug-likeness (QED) is 0.338. The third-order valence-corrected chi connectivity index (χ3v) is 9.62. The number of hydrogen-bond donors (Lipinski definition) is 0. The lowest BCUT2D eigenvalue weighted by molar-refractivity contribution is -0.707. The number of hydrogen-bond acceptors (Lipinski definition) is 5. The van der Waals surface area contributed by atoms with Crippen molar-refractivity contribution in [2.45, 2.75) is 31.3 Å². The Hall–Kier alpha value is -2.13. The van der Waals surface area contributed by atoms with Crippen LogP contribution in [0.15, 0.2) is 74.3 Å². The lowest BCUT2D eigenvalue weighted by atomic mass is 10.1. The van der Waals surface area contributed by atoms with Gasteiger partial charge in [-0.05, 0) is 25.1 Å². The maximum Gasteiger partial charge on any atom is 0.271 e. The highest BCUT2D eigenvalue weighted by Gasteiger charge is 2.25. The number of benzene rings is 2. The normalized spacial score (nSPS) is 16.4. The Morgan fingerprint density at radius 1 is 1.18 bits per heavy atom. The van der Waals surface area contributed by atoms with Gasteiger partial charge in [0, 0.05) is 35.4 Å². The first-order valence-corrected chi connectivity index (χ1v) is 14.0. The van der Waals surface area contributed by atoms with Crippen molar-refractivity contribution in [3.05, 3.63) is 94.7 Å². The number of aromatic nitrogens is 2. The molecule has 0 amide bonds. The Bertz CT molecular complexity index is 1500. The second kappa shape index (κ2) is 9.25. The molecule has 0 radical (unpaired) electrons. The SMILES string of the molecule is CCn1c(=O)/c(=C2\Sc3cc(Br)ccc3N2C)s/c1=C\c1scc[n+]1C(C)c1ccccc1. The Kier molecular flexibility index (Phi) is 6.35. The molecular weight excluding hydrogens is 534 g/mol. The van der Waals surface area contributed by atoms with Crippen LogP contribution in [-0.2, 0) is 6.54 Å². The molecule has 0 aliphatic carbocycles. The fourth-order valence-electron chi connectivity index (χ4n) is 4.02. The summed E-state index contributed by atoms with van der Waals surface area (Å²) in [5.74, 6) is 0. The van der Waals surface area contributed by atoms with E-state index in [-0.39, 0.29) is 11.6 Å². The minimum Gasteiger partial charge on any atom is -0.337 e. The standard InChI is InChI=1S/C25H23BrN3OS3/c1-4-28-22(15-21-29(12-13-31-21)16(2)17-8-6-5-7-9-17)33-23(24(28)30)25-27(3)19-11-10-18(26)14-20(19)32-25/h5-16H,4H2,1-3H3/q+1/b25-23+. The number of thioether (sulfide) groups is 1. The molecule has 0 N–H and O–H groups in total. The molecular formula is C25H23BrN3OS3+. The summed E-state index contributed by atoms with van der Waals surface area (Å²) in [6.07, 6.45) is 4.29. The maximum absolute atomic E-state index is 13.4. The summed E-state index contributed by atoms with van der Waals surface area (Å²) >= 11 is 8.50. The van der Waals surface area contributed by atoms with Gasteiger partial charge in [0.1, 0.15) is 14.2 Å². The van der Waals surface area contributed by atoms with Gasteiger partial charge in [-0.1, -0.05) is 69.4 Å². The van der Waals surface area contributed by atoms with Crippen molar-refractivity contribution < 1.29 is 4.57 Å². The molecule has 168 valence electrons. The van der Waals surface area contributed by atoms with Gasteiger partial charge in [0.05, 0.1) is 17.1 Å². The first kappa shape index (κ1) is 22.7. The largest absolute Gasteiger partial charge is 0.337 e. The summed E-state index contributed by atoms with van der Waals surface area (Å²) in [5, 5.41) is 4.24. The van der Waals surface area contributed by atoms with E-state index in [0.29, 0.717) is 6.54 Å².